The standard InChI is InChI=1S/C18H19I/c1-12-14-4-3-5-15(12)7-9-17-11-18(19)10-16(8-6-14)13(17)2/h3-5,10-11H,6-9H2,1-2H3. The van der Waals surface area contributed by atoms with Crippen molar-refractivity contribution in [2.24, 2.45) is 0 Å². The van der Waals surface area contributed by atoms with Gasteiger partial charge in [-0.25, -0.2) is 0 Å². The summed E-state index contributed by atoms with van der Waals surface area (Å²) in [6.07, 6.45) is 4.67. The molecule has 4 bridgehead atoms. The molecule has 0 heterocycles. The molecular weight excluding hydrogens is 343 g/mol. The van der Waals surface area contributed by atoms with Gasteiger partial charge in [0.2, 0.25) is 0 Å². The van der Waals surface area contributed by atoms with Crippen LogP contribution in [0.4, 0.5) is 0 Å². The number of fused-ring (bicyclic) bond motifs is 4. The Morgan fingerprint density at radius 3 is 1.68 bits per heavy atom. The Morgan fingerprint density at radius 2 is 1.16 bits per heavy atom. The molecule has 19 heavy (non-hydrogen) atoms. The molecule has 2 aromatic rings. The van der Waals surface area contributed by atoms with Crippen molar-refractivity contribution < 1.29 is 0 Å². The van der Waals surface area contributed by atoms with E-state index in [1.165, 1.54) is 62.6 Å². The molecule has 1 heteroatoms. The molecule has 0 radical (unpaired) electrons. The van der Waals surface area contributed by atoms with Crippen LogP contribution in [0, 0.1) is 17.4 Å². The molecule has 0 aromatic heterocycles. The Morgan fingerprint density at radius 1 is 0.737 bits per heavy atom. The van der Waals surface area contributed by atoms with E-state index in [-0.39, 0.29) is 0 Å². The van der Waals surface area contributed by atoms with Gasteiger partial charge in [-0.3, -0.25) is 0 Å². The maximum absolute atomic E-state index is 2.45. The molecule has 0 spiro atoms. The lowest BCUT2D eigenvalue weighted by Crippen LogP contribution is -2.06. The summed E-state index contributed by atoms with van der Waals surface area (Å²) in [6.45, 7) is 4.58. The third kappa shape index (κ3) is 2.58. The van der Waals surface area contributed by atoms with Crippen molar-refractivity contribution in [2.45, 2.75) is 39.5 Å². The molecule has 3 rings (SSSR count). The van der Waals surface area contributed by atoms with E-state index in [4.69, 9.17) is 0 Å². The van der Waals surface area contributed by atoms with Crippen molar-refractivity contribution in [3.05, 3.63) is 67.3 Å². The summed E-state index contributed by atoms with van der Waals surface area (Å²) >= 11 is 2.45. The molecule has 0 atom stereocenters. The molecule has 0 saturated carbocycles. The van der Waals surface area contributed by atoms with Crippen LogP contribution in [0.1, 0.15) is 33.4 Å². The van der Waals surface area contributed by atoms with Crippen LogP contribution in [0.3, 0.4) is 0 Å². The molecule has 0 N–H and O–H groups in total. The fraction of sp³-hybridized carbons (Fsp3) is 0.333. The third-order valence-corrected chi connectivity index (χ3v) is 5.10. The van der Waals surface area contributed by atoms with Gasteiger partial charge in [-0.2, -0.15) is 0 Å². The Kier molecular flexibility index (Phi) is 3.66. The molecule has 1 aliphatic carbocycles. The fourth-order valence-electron chi connectivity index (χ4n) is 3.13. The van der Waals surface area contributed by atoms with E-state index < -0.39 is 0 Å². The molecule has 1 aliphatic rings. The molecule has 0 fully saturated rings. The van der Waals surface area contributed by atoms with E-state index in [1.807, 2.05) is 0 Å². The molecule has 0 saturated heterocycles. The van der Waals surface area contributed by atoms with Crippen LogP contribution < -0.4 is 0 Å². The zero-order chi connectivity index (χ0) is 13.4. The second kappa shape index (κ2) is 5.28. The SMILES string of the molecule is Cc1c2cccc1CCc1cc(I)cc(c1C)CC2. The molecular formula is C18H19I. The van der Waals surface area contributed by atoms with Crippen molar-refractivity contribution in [2.75, 3.05) is 0 Å². The number of benzene rings is 2. The lowest BCUT2D eigenvalue weighted by molar-refractivity contribution is 0.873. The van der Waals surface area contributed by atoms with Crippen molar-refractivity contribution in [1.29, 1.82) is 0 Å². The number of aryl methyl sites for hydroxylation is 4. The topological polar surface area (TPSA) is 0 Å². The van der Waals surface area contributed by atoms with E-state index in [9.17, 15) is 0 Å². The van der Waals surface area contributed by atoms with Gasteiger partial charge in [0, 0.05) is 3.57 Å². The van der Waals surface area contributed by atoms with E-state index in [0.29, 0.717) is 0 Å². The number of hydrogen-bond acceptors (Lipinski definition) is 0. The molecule has 0 aliphatic heterocycles. The van der Waals surface area contributed by atoms with E-state index in [1.54, 1.807) is 0 Å². The third-order valence-electron chi connectivity index (χ3n) is 4.47. The van der Waals surface area contributed by atoms with Crippen molar-refractivity contribution >= 4 is 22.6 Å². The van der Waals surface area contributed by atoms with Gasteiger partial charge in [0.15, 0.2) is 0 Å². The van der Waals surface area contributed by atoms with Gasteiger partial charge in [-0.1, -0.05) is 18.2 Å². The average molecular weight is 362 g/mol. The normalized spacial score (nSPS) is 14.3. The minimum absolute atomic E-state index is 1.17. The Hall–Kier alpha value is -0.830. The molecule has 2 aromatic carbocycles. The van der Waals surface area contributed by atoms with E-state index >= 15 is 0 Å². The second-order valence-electron chi connectivity index (χ2n) is 5.55. The predicted molar refractivity (Wildman–Crippen MR) is 89.9 cm³/mol. The smallest absolute Gasteiger partial charge is 0.0135 e. The van der Waals surface area contributed by atoms with Crippen molar-refractivity contribution in [3.8, 4) is 0 Å². The summed E-state index contributed by atoms with van der Waals surface area (Å²) in [4.78, 5) is 0. The fourth-order valence-corrected chi connectivity index (χ4v) is 3.89. The minimum Gasteiger partial charge on any atom is -0.0617 e. The molecule has 0 amide bonds. The van der Waals surface area contributed by atoms with Gasteiger partial charge in [0.1, 0.15) is 0 Å². The first kappa shape index (κ1) is 13.2. The summed E-state index contributed by atoms with van der Waals surface area (Å²) in [5.74, 6) is 0. The Bertz CT molecular complexity index is 578. The number of rotatable bonds is 0. The van der Waals surface area contributed by atoms with Crippen LogP contribution in [0.2, 0.25) is 0 Å². The largest absolute Gasteiger partial charge is 0.0617 e. The highest BCUT2D eigenvalue weighted by Crippen LogP contribution is 2.25. The molecule has 98 valence electrons. The second-order valence-corrected chi connectivity index (χ2v) is 6.80. The van der Waals surface area contributed by atoms with Crippen LogP contribution >= 0.6 is 22.6 Å². The minimum atomic E-state index is 1.17. The lowest BCUT2D eigenvalue weighted by Gasteiger charge is -2.18. The van der Waals surface area contributed by atoms with Crippen molar-refractivity contribution in [1.82, 2.24) is 0 Å². The average Bonchev–Trinajstić information content (AvgIpc) is 2.39. The quantitative estimate of drug-likeness (QED) is 0.591. The highest BCUT2D eigenvalue weighted by atomic mass is 127. The van der Waals surface area contributed by atoms with Crippen LogP contribution in [-0.4, -0.2) is 0 Å². The van der Waals surface area contributed by atoms with E-state index in [0.717, 1.165) is 0 Å². The zero-order valence-corrected chi connectivity index (χ0v) is 13.8. The van der Waals surface area contributed by atoms with Gasteiger partial charge in [-0.05, 0) is 108 Å². The molecule has 0 nitrogen and oxygen atoms in total. The monoisotopic (exact) mass is 362 g/mol. The van der Waals surface area contributed by atoms with Gasteiger partial charge >= 0.3 is 0 Å². The zero-order valence-electron chi connectivity index (χ0n) is 11.6. The van der Waals surface area contributed by atoms with Gasteiger partial charge in [0.05, 0.1) is 0 Å². The highest BCUT2D eigenvalue weighted by molar-refractivity contribution is 14.1. The van der Waals surface area contributed by atoms with Gasteiger partial charge < -0.3 is 0 Å². The number of hydrogen-bond donors (Lipinski definition) is 0. The lowest BCUT2D eigenvalue weighted by atomic mass is 9.88. The summed E-state index contributed by atoms with van der Waals surface area (Å²) < 4.78 is 1.38. The van der Waals surface area contributed by atoms with Crippen LogP contribution in [0.25, 0.3) is 0 Å². The van der Waals surface area contributed by atoms with Gasteiger partial charge in [0.25, 0.3) is 0 Å². The number of halogens is 1. The maximum atomic E-state index is 2.45. The van der Waals surface area contributed by atoms with Crippen LogP contribution in [0.5, 0.6) is 0 Å². The predicted octanol–water partition coefficient (Wildman–Crippen LogP) is 4.79. The van der Waals surface area contributed by atoms with Gasteiger partial charge in [-0.15, -0.1) is 0 Å². The first-order chi connectivity index (χ1) is 9.15. The maximum Gasteiger partial charge on any atom is 0.0135 e. The van der Waals surface area contributed by atoms with Crippen molar-refractivity contribution in [3.63, 3.8) is 0 Å². The first-order valence-corrected chi connectivity index (χ1v) is 8.08. The Labute approximate surface area is 129 Å². The van der Waals surface area contributed by atoms with E-state index in [2.05, 4.69) is 66.8 Å². The van der Waals surface area contributed by atoms with Crippen LogP contribution in [-0.2, 0) is 25.7 Å². The highest BCUT2D eigenvalue weighted by Gasteiger charge is 2.12. The summed E-state index contributed by atoms with van der Waals surface area (Å²) in [6, 6.07) is 11.5. The Balaban J connectivity index is 2.09. The molecule has 0 unspecified atom stereocenters. The summed E-state index contributed by atoms with van der Waals surface area (Å²) in [5.41, 5.74) is 9.16. The summed E-state index contributed by atoms with van der Waals surface area (Å²) in [7, 11) is 0. The van der Waals surface area contributed by atoms with Crippen LogP contribution in [0.15, 0.2) is 30.3 Å². The summed E-state index contributed by atoms with van der Waals surface area (Å²) in [5, 5.41) is 0. The first-order valence-electron chi connectivity index (χ1n) is 7.00.